The van der Waals surface area contributed by atoms with E-state index in [4.69, 9.17) is 21.1 Å². The number of carbonyl (C=O) groups is 1. The van der Waals surface area contributed by atoms with Gasteiger partial charge < -0.3 is 9.47 Å². The van der Waals surface area contributed by atoms with Crippen LogP contribution in [0.5, 0.6) is 5.75 Å². The molecule has 0 amide bonds. The maximum absolute atomic E-state index is 12.1. The van der Waals surface area contributed by atoms with E-state index >= 15 is 0 Å². The van der Waals surface area contributed by atoms with Gasteiger partial charge in [0.05, 0.1) is 7.11 Å². The number of aromatic nitrogens is 2. The monoisotopic (exact) mass is 380 g/mol. The van der Waals surface area contributed by atoms with Gasteiger partial charge in [-0.3, -0.25) is 4.79 Å². The predicted molar refractivity (Wildman–Crippen MR) is 99.4 cm³/mol. The van der Waals surface area contributed by atoms with Crippen molar-refractivity contribution in [3.63, 3.8) is 0 Å². The number of hydrogen-bond donors (Lipinski definition) is 0. The second kappa shape index (κ2) is 9.06. The molecule has 2 rings (SSSR count). The minimum atomic E-state index is -0.283. The molecule has 0 atom stereocenters. The van der Waals surface area contributed by atoms with Crippen molar-refractivity contribution in [1.82, 2.24) is 9.97 Å². The normalized spacial score (nSPS) is 10.6. The number of nitrogens with zero attached hydrogens (tertiary/aromatic N) is 2. The standard InChI is InChI=1S/C18H21ClN2O3S/c1-11-15(12(2)21-18(20-11)25-4)6-8-17(22)24-10-13-9-14(19)5-7-16(13)23-3/h5,7,9H,6,8,10H2,1-4H3. The summed E-state index contributed by atoms with van der Waals surface area (Å²) >= 11 is 7.48. The van der Waals surface area contributed by atoms with Crippen molar-refractivity contribution in [1.29, 1.82) is 0 Å². The Hall–Kier alpha value is -1.79. The summed E-state index contributed by atoms with van der Waals surface area (Å²) in [6, 6.07) is 5.22. The van der Waals surface area contributed by atoms with Crippen molar-refractivity contribution < 1.29 is 14.3 Å². The second-order valence-electron chi connectivity index (χ2n) is 5.48. The van der Waals surface area contributed by atoms with Gasteiger partial charge in [0.2, 0.25) is 0 Å². The fourth-order valence-corrected chi connectivity index (χ4v) is 3.13. The molecule has 25 heavy (non-hydrogen) atoms. The topological polar surface area (TPSA) is 61.3 Å². The fourth-order valence-electron chi connectivity index (χ4n) is 2.48. The van der Waals surface area contributed by atoms with Crippen LogP contribution in [0, 0.1) is 13.8 Å². The van der Waals surface area contributed by atoms with Gasteiger partial charge in [-0.2, -0.15) is 0 Å². The average Bonchev–Trinajstić information content (AvgIpc) is 2.59. The first-order valence-electron chi connectivity index (χ1n) is 7.80. The second-order valence-corrected chi connectivity index (χ2v) is 6.69. The summed E-state index contributed by atoms with van der Waals surface area (Å²) in [5.74, 6) is 0.361. The number of carbonyl (C=O) groups excluding carboxylic acids is 1. The quantitative estimate of drug-likeness (QED) is 0.408. The highest BCUT2D eigenvalue weighted by molar-refractivity contribution is 7.98. The molecule has 2 aromatic rings. The first-order chi connectivity index (χ1) is 11.9. The first-order valence-corrected chi connectivity index (χ1v) is 9.41. The molecular formula is C18H21ClN2O3S. The molecule has 0 aliphatic heterocycles. The van der Waals surface area contributed by atoms with Gasteiger partial charge in [-0.15, -0.1) is 0 Å². The SMILES string of the molecule is COc1ccc(Cl)cc1COC(=O)CCc1c(C)nc(SC)nc1C. The Labute approximate surface area is 157 Å². The highest BCUT2D eigenvalue weighted by Gasteiger charge is 2.12. The first kappa shape index (κ1) is 19.5. The van der Waals surface area contributed by atoms with Crippen LogP contribution in [0.1, 0.15) is 28.9 Å². The van der Waals surface area contributed by atoms with E-state index in [9.17, 15) is 4.79 Å². The Bertz CT molecular complexity index is 745. The summed E-state index contributed by atoms with van der Waals surface area (Å²) in [6.07, 6.45) is 2.76. The van der Waals surface area contributed by atoms with Crippen LogP contribution in [0.15, 0.2) is 23.4 Å². The number of thioether (sulfide) groups is 1. The van der Waals surface area contributed by atoms with Crippen molar-refractivity contribution in [3.05, 3.63) is 45.7 Å². The van der Waals surface area contributed by atoms with Crippen molar-refractivity contribution >= 4 is 29.3 Å². The van der Waals surface area contributed by atoms with Crippen LogP contribution in [-0.4, -0.2) is 29.3 Å². The third-order valence-electron chi connectivity index (χ3n) is 3.79. The lowest BCUT2D eigenvalue weighted by Crippen LogP contribution is -2.09. The molecule has 1 aromatic heterocycles. The third kappa shape index (κ3) is 5.34. The minimum Gasteiger partial charge on any atom is -0.496 e. The molecule has 0 spiro atoms. The van der Waals surface area contributed by atoms with Gasteiger partial charge in [0.1, 0.15) is 12.4 Å². The summed E-state index contributed by atoms with van der Waals surface area (Å²) in [6.45, 7) is 4.00. The zero-order chi connectivity index (χ0) is 18.4. The fraction of sp³-hybridized carbons (Fsp3) is 0.389. The summed E-state index contributed by atoms with van der Waals surface area (Å²) in [4.78, 5) is 20.9. The molecule has 0 saturated carbocycles. The zero-order valence-electron chi connectivity index (χ0n) is 14.8. The van der Waals surface area contributed by atoms with Crippen LogP contribution in [-0.2, 0) is 22.6 Å². The maximum atomic E-state index is 12.1. The van der Waals surface area contributed by atoms with Crippen LogP contribution in [0.4, 0.5) is 0 Å². The van der Waals surface area contributed by atoms with Crippen LogP contribution in [0.3, 0.4) is 0 Å². The number of ether oxygens (including phenoxy) is 2. The van der Waals surface area contributed by atoms with Crippen molar-refractivity contribution in [3.8, 4) is 5.75 Å². The summed E-state index contributed by atoms with van der Waals surface area (Å²) < 4.78 is 10.6. The van der Waals surface area contributed by atoms with Crippen molar-refractivity contribution in [2.45, 2.75) is 38.5 Å². The molecular weight excluding hydrogens is 360 g/mol. The van der Waals surface area contributed by atoms with Gasteiger partial charge in [0, 0.05) is 28.4 Å². The van der Waals surface area contributed by atoms with Crippen LogP contribution < -0.4 is 4.74 Å². The molecule has 0 aliphatic carbocycles. The number of rotatable bonds is 7. The molecule has 5 nitrogen and oxygen atoms in total. The predicted octanol–water partition coefficient (Wildman–Crippen LogP) is 4.15. The van der Waals surface area contributed by atoms with Gasteiger partial charge in [0.15, 0.2) is 5.16 Å². The molecule has 0 saturated heterocycles. The van der Waals surface area contributed by atoms with Crippen LogP contribution in [0.2, 0.25) is 5.02 Å². The van der Waals surface area contributed by atoms with Crippen molar-refractivity contribution in [2.75, 3.05) is 13.4 Å². The molecule has 1 aromatic carbocycles. The molecule has 7 heteroatoms. The highest BCUT2D eigenvalue weighted by atomic mass is 35.5. The molecule has 0 unspecified atom stereocenters. The number of aryl methyl sites for hydroxylation is 2. The van der Waals surface area contributed by atoms with E-state index in [0.29, 0.717) is 17.2 Å². The van der Waals surface area contributed by atoms with Crippen LogP contribution in [0.25, 0.3) is 0 Å². The van der Waals surface area contributed by atoms with E-state index in [2.05, 4.69) is 9.97 Å². The molecule has 0 fully saturated rings. The Morgan fingerprint density at radius 1 is 1.24 bits per heavy atom. The molecule has 0 aliphatic rings. The number of benzene rings is 1. The zero-order valence-corrected chi connectivity index (χ0v) is 16.3. The number of halogens is 1. The highest BCUT2D eigenvalue weighted by Crippen LogP contribution is 2.23. The largest absolute Gasteiger partial charge is 0.496 e. The molecule has 0 bridgehead atoms. The molecule has 1 heterocycles. The minimum absolute atomic E-state index is 0.127. The van der Waals surface area contributed by atoms with E-state index in [1.54, 1.807) is 25.3 Å². The summed E-state index contributed by atoms with van der Waals surface area (Å²) in [5, 5.41) is 1.32. The Morgan fingerprint density at radius 2 is 1.92 bits per heavy atom. The molecule has 134 valence electrons. The Morgan fingerprint density at radius 3 is 2.52 bits per heavy atom. The van der Waals surface area contributed by atoms with Gasteiger partial charge in [-0.05, 0) is 50.3 Å². The van der Waals surface area contributed by atoms with E-state index in [1.807, 2.05) is 20.1 Å². The maximum Gasteiger partial charge on any atom is 0.306 e. The lowest BCUT2D eigenvalue weighted by atomic mass is 10.1. The van der Waals surface area contributed by atoms with E-state index in [-0.39, 0.29) is 19.0 Å². The molecule has 0 radical (unpaired) electrons. The van der Waals surface area contributed by atoms with Crippen molar-refractivity contribution in [2.24, 2.45) is 0 Å². The lowest BCUT2D eigenvalue weighted by Gasteiger charge is -2.11. The van der Waals surface area contributed by atoms with E-state index in [1.165, 1.54) is 11.8 Å². The van der Waals surface area contributed by atoms with Gasteiger partial charge >= 0.3 is 5.97 Å². The number of methoxy groups -OCH3 is 1. The third-order valence-corrected chi connectivity index (χ3v) is 4.58. The smallest absolute Gasteiger partial charge is 0.306 e. The van der Waals surface area contributed by atoms with Crippen LogP contribution >= 0.6 is 23.4 Å². The average molecular weight is 381 g/mol. The molecule has 0 N–H and O–H groups in total. The van der Waals surface area contributed by atoms with Gasteiger partial charge in [-0.1, -0.05) is 23.4 Å². The summed E-state index contributed by atoms with van der Waals surface area (Å²) in [5.41, 5.74) is 3.54. The summed E-state index contributed by atoms with van der Waals surface area (Å²) in [7, 11) is 1.57. The lowest BCUT2D eigenvalue weighted by molar-refractivity contribution is -0.144. The van der Waals surface area contributed by atoms with Gasteiger partial charge in [-0.25, -0.2) is 9.97 Å². The Kier molecular flexibility index (Phi) is 7.08. The number of esters is 1. The Balaban J connectivity index is 1.95. The van der Waals surface area contributed by atoms with E-state index < -0.39 is 0 Å². The van der Waals surface area contributed by atoms with Gasteiger partial charge in [0.25, 0.3) is 0 Å². The van der Waals surface area contributed by atoms with E-state index in [0.717, 1.165) is 27.7 Å². The number of hydrogen-bond acceptors (Lipinski definition) is 6.